The van der Waals surface area contributed by atoms with Crippen molar-refractivity contribution in [2.75, 3.05) is 5.33 Å². The summed E-state index contributed by atoms with van der Waals surface area (Å²) in [7, 11) is 0. The summed E-state index contributed by atoms with van der Waals surface area (Å²) in [5.74, 6) is -0.698. The first-order chi connectivity index (χ1) is 7.69. The Kier molecular flexibility index (Phi) is 3.15. The Morgan fingerprint density at radius 1 is 1.38 bits per heavy atom. The minimum atomic E-state index is -0.698. The minimum Gasteiger partial charge on any atom is -0.481 e. The summed E-state index contributed by atoms with van der Waals surface area (Å²) in [5.41, 5.74) is 1.44. The van der Waals surface area contributed by atoms with Gasteiger partial charge >= 0.3 is 5.97 Å². The van der Waals surface area contributed by atoms with E-state index in [1.807, 2.05) is 36.4 Å². The third-order valence-electron chi connectivity index (χ3n) is 3.02. The molecule has 0 atom stereocenters. The zero-order valence-corrected chi connectivity index (χ0v) is 10.4. The Labute approximate surface area is 103 Å². The van der Waals surface area contributed by atoms with Crippen molar-refractivity contribution in [1.82, 2.24) is 0 Å². The number of hydrogen-bond acceptors (Lipinski definition) is 1. The lowest BCUT2D eigenvalue weighted by molar-refractivity contribution is -0.140. The highest BCUT2D eigenvalue weighted by atomic mass is 79.9. The molecule has 3 heteroatoms. The monoisotopic (exact) mass is 280 g/mol. The fourth-order valence-corrected chi connectivity index (χ4v) is 2.03. The van der Waals surface area contributed by atoms with Crippen molar-refractivity contribution in [2.45, 2.75) is 18.3 Å². The molecule has 0 amide bonds. The maximum atomic E-state index is 11.1. The zero-order valence-electron chi connectivity index (χ0n) is 8.82. The van der Waals surface area contributed by atoms with Crippen LogP contribution in [0.3, 0.4) is 0 Å². The SMILES string of the molecule is O=C(O)C1(c2ccc(C=CCBr)cc2)CC1. The average molecular weight is 281 g/mol. The summed E-state index contributed by atoms with van der Waals surface area (Å²) in [5, 5.41) is 9.97. The molecular weight excluding hydrogens is 268 g/mol. The summed E-state index contributed by atoms with van der Waals surface area (Å²) < 4.78 is 0. The second-order valence-corrected chi connectivity index (χ2v) is 4.71. The van der Waals surface area contributed by atoms with Crippen molar-refractivity contribution >= 4 is 28.0 Å². The van der Waals surface area contributed by atoms with Crippen LogP contribution in [0.5, 0.6) is 0 Å². The van der Waals surface area contributed by atoms with Gasteiger partial charge in [-0.15, -0.1) is 0 Å². The fourth-order valence-electron chi connectivity index (χ4n) is 1.84. The van der Waals surface area contributed by atoms with Gasteiger partial charge in [-0.2, -0.15) is 0 Å². The Balaban J connectivity index is 2.20. The molecule has 0 radical (unpaired) electrons. The molecule has 1 aromatic carbocycles. The number of carboxylic acid groups (broad SMARTS) is 1. The molecule has 1 fully saturated rings. The van der Waals surface area contributed by atoms with E-state index in [-0.39, 0.29) is 0 Å². The zero-order chi connectivity index (χ0) is 11.6. The van der Waals surface area contributed by atoms with Crippen molar-refractivity contribution in [2.24, 2.45) is 0 Å². The standard InChI is InChI=1S/C13H13BrO2/c14-9-1-2-10-3-5-11(6-4-10)13(7-8-13)12(15)16/h1-6H,7-9H2,(H,15,16). The topological polar surface area (TPSA) is 37.3 Å². The first-order valence-corrected chi connectivity index (χ1v) is 6.38. The summed E-state index contributed by atoms with van der Waals surface area (Å²) in [4.78, 5) is 11.1. The van der Waals surface area contributed by atoms with Crippen molar-refractivity contribution in [1.29, 1.82) is 0 Å². The Bertz CT molecular complexity index is 416. The van der Waals surface area contributed by atoms with Crippen LogP contribution >= 0.6 is 15.9 Å². The number of benzene rings is 1. The van der Waals surface area contributed by atoms with Crippen LogP contribution in [0.25, 0.3) is 6.08 Å². The Hall–Kier alpha value is -1.09. The van der Waals surface area contributed by atoms with Crippen LogP contribution in [-0.4, -0.2) is 16.4 Å². The second kappa shape index (κ2) is 4.42. The molecular formula is C13H13BrO2. The first-order valence-electron chi connectivity index (χ1n) is 5.25. The molecule has 0 heterocycles. The lowest BCUT2D eigenvalue weighted by Crippen LogP contribution is -2.19. The number of alkyl halides is 1. The molecule has 0 aromatic heterocycles. The summed E-state index contributed by atoms with van der Waals surface area (Å²) in [6.45, 7) is 0. The molecule has 2 nitrogen and oxygen atoms in total. The maximum Gasteiger partial charge on any atom is 0.314 e. The first kappa shape index (κ1) is 11.4. The number of aliphatic carboxylic acids is 1. The maximum absolute atomic E-state index is 11.1. The van der Waals surface area contributed by atoms with Gasteiger partial charge in [-0.05, 0) is 24.0 Å². The van der Waals surface area contributed by atoms with E-state index in [9.17, 15) is 4.79 Å². The second-order valence-electron chi connectivity index (χ2n) is 4.07. The van der Waals surface area contributed by atoms with Crippen LogP contribution in [0.2, 0.25) is 0 Å². The van der Waals surface area contributed by atoms with Gasteiger partial charge in [-0.25, -0.2) is 0 Å². The van der Waals surface area contributed by atoms with Crippen molar-refractivity contribution in [3.05, 3.63) is 41.5 Å². The van der Waals surface area contributed by atoms with Crippen molar-refractivity contribution in [3.8, 4) is 0 Å². The molecule has 2 rings (SSSR count). The highest BCUT2D eigenvalue weighted by molar-refractivity contribution is 9.09. The number of rotatable bonds is 4. The quantitative estimate of drug-likeness (QED) is 0.860. The normalized spacial score (nSPS) is 17.6. The van der Waals surface area contributed by atoms with Gasteiger partial charge < -0.3 is 5.11 Å². The van der Waals surface area contributed by atoms with E-state index in [2.05, 4.69) is 15.9 Å². The highest BCUT2D eigenvalue weighted by Crippen LogP contribution is 2.48. The molecule has 1 aliphatic rings. The van der Waals surface area contributed by atoms with Gasteiger partial charge in [0.05, 0.1) is 5.41 Å². The van der Waals surface area contributed by atoms with Crippen LogP contribution in [0.1, 0.15) is 24.0 Å². The molecule has 0 bridgehead atoms. The molecule has 0 spiro atoms. The smallest absolute Gasteiger partial charge is 0.314 e. The third-order valence-corrected chi connectivity index (χ3v) is 3.40. The largest absolute Gasteiger partial charge is 0.481 e. The van der Waals surface area contributed by atoms with E-state index in [1.54, 1.807) is 0 Å². The van der Waals surface area contributed by atoms with Crippen molar-refractivity contribution in [3.63, 3.8) is 0 Å². The number of carboxylic acids is 1. The number of halogens is 1. The van der Waals surface area contributed by atoms with Gasteiger partial charge in [0, 0.05) is 5.33 Å². The number of carbonyl (C=O) groups is 1. The van der Waals surface area contributed by atoms with Crippen LogP contribution in [-0.2, 0) is 10.2 Å². The van der Waals surface area contributed by atoms with Gasteiger partial charge in [0.25, 0.3) is 0 Å². The van der Waals surface area contributed by atoms with Gasteiger partial charge in [-0.1, -0.05) is 52.3 Å². The minimum absolute atomic E-state index is 0.586. The van der Waals surface area contributed by atoms with E-state index in [4.69, 9.17) is 5.11 Å². The van der Waals surface area contributed by atoms with Gasteiger partial charge in [0.2, 0.25) is 0 Å². The molecule has 16 heavy (non-hydrogen) atoms. The van der Waals surface area contributed by atoms with Crippen LogP contribution in [0, 0.1) is 0 Å². The molecule has 1 aromatic rings. The van der Waals surface area contributed by atoms with Gasteiger partial charge in [0.1, 0.15) is 0 Å². The molecule has 0 saturated heterocycles. The third kappa shape index (κ3) is 2.05. The molecule has 1 aliphatic carbocycles. The van der Waals surface area contributed by atoms with Crippen molar-refractivity contribution < 1.29 is 9.90 Å². The molecule has 0 unspecified atom stereocenters. The molecule has 1 saturated carbocycles. The van der Waals surface area contributed by atoms with Crippen LogP contribution < -0.4 is 0 Å². The number of allylic oxidation sites excluding steroid dienone is 1. The predicted molar refractivity (Wildman–Crippen MR) is 67.8 cm³/mol. The molecule has 84 valence electrons. The van der Waals surface area contributed by atoms with E-state index in [1.165, 1.54) is 0 Å². The van der Waals surface area contributed by atoms with E-state index in [0.717, 1.165) is 29.3 Å². The highest BCUT2D eigenvalue weighted by Gasteiger charge is 2.51. The Morgan fingerprint density at radius 3 is 2.44 bits per heavy atom. The van der Waals surface area contributed by atoms with Gasteiger partial charge in [-0.3, -0.25) is 4.79 Å². The van der Waals surface area contributed by atoms with E-state index in [0.29, 0.717) is 0 Å². The van der Waals surface area contributed by atoms with Crippen LogP contribution in [0.15, 0.2) is 30.3 Å². The number of hydrogen-bond donors (Lipinski definition) is 1. The van der Waals surface area contributed by atoms with E-state index >= 15 is 0 Å². The fraction of sp³-hybridized carbons (Fsp3) is 0.308. The van der Waals surface area contributed by atoms with Gasteiger partial charge in [0.15, 0.2) is 0 Å². The Morgan fingerprint density at radius 2 is 2.00 bits per heavy atom. The van der Waals surface area contributed by atoms with Crippen LogP contribution in [0.4, 0.5) is 0 Å². The molecule has 1 N–H and O–H groups in total. The van der Waals surface area contributed by atoms with E-state index < -0.39 is 11.4 Å². The predicted octanol–water partition coefficient (Wildman–Crippen LogP) is 3.21. The molecule has 0 aliphatic heterocycles. The summed E-state index contributed by atoms with van der Waals surface area (Å²) in [6, 6.07) is 7.79. The lowest BCUT2D eigenvalue weighted by atomic mass is 9.95. The average Bonchev–Trinajstić information content (AvgIpc) is 3.08. The lowest BCUT2D eigenvalue weighted by Gasteiger charge is -2.09. The summed E-state index contributed by atoms with van der Waals surface area (Å²) >= 11 is 3.32. The summed E-state index contributed by atoms with van der Waals surface area (Å²) in [6.07, 6.45) is 5.55.